The molecule has 8 rings (SSSR count). The van der Waals surface area contributed by atoms with E-state index >= 15 is 0 Å². The standard InChI is InChI=1S/C40H29N5/c1-40(2)34-12-4-3-10-32(34)36-33(11-5-13-35(36)40)39-44-37(28-18-14-26(15-19-28)30-8-6-22-41-24-30)43-38(45-39)29-20-16-27(17-21-29)31-9-7-23-42-25-31/h3-25H,1-2H3. The van der Waals surface area contributed by atoms with Crippen LogP contribution in [0.15, 0.2) is 140 Å². The number of benzene rings is 4. The monoisotopic (exact) mass is 579 g/mol. The lowest BCUT2D eigenvalue weighted by atomic mass is 9.82. The molecule has 4 aromatic carbocycles. The van der Waals surface area contributed by atoms with Crippen LogP contribution in [-0.2, 0) is 5.41 Å². The highest BCUT2D eigenvalue weighted by molar-refractivity contribution is 5.91. The van der Waals surface area contributed by atoms with Crippen LogP contribution >= 0.6 is 0 Å². The molecule has 7 aromatic rings. The van der Waals surface area contributed by atoms with Gasteiger partial charge in [0.2, 0.25) is 0 Å². The first-order valence-electron chi connectivity index (χ1n) is 15.1. The van der Waals surface area contributed by atoms with E-state index in [4.69, 9.17) is 15.0 Å². The van der Waals surface area contributed by atoms with Crippen LogP contribution < -0.4 is 0 Å². The summed E-state index contributed by atoms with van der Waals surface area (Å²) in [5.74, 6) is 1.92. The van der Waals surface area contributed by atoms with Gasteiger partial charge in [0, 0.05) is 46.9 Å². The van der Waals surface area contributed by atoms with Gasteiger partial charge in [-0.3, -0.25) is 9.97 Å². The molecule has 5 nitrogen and oxygen atoms in total. The molecule has 0 amide bonds. The molecule has 0 spiro atoms. The third-order valence-corrected chi connectivity index (χ3v) is 8.76. The predicted molar refractivity (Wildman–Crippen MR) is 180 cm³/mol. The van der Waals surface area contributed by atoms with Crippen LogP contribution in [0.3, 0.4) is 0 Å². The highest BCUT2D eigenvalue weighted by Gasteiger charge is 2.37. The minimum absolute atomic E-state index is 0.120. The van der Waals surface area contributed by atoms with Crippen molar-refractivity contribution in [3.8, 4) is 67.5 Å². The van der Waals surface area contributed by atoms with E-state index < -0.39 is 0 Å². The predicted octanol–water partition coefficient (Wildman–Crippen LogP) is 9.30. The summed E-state index contributed by atoms with van der Waals surface area (Å²) < 4.78 is 0. The Morgan fingerprint density at radius 2 is 0.889 bits per heavy atom. The maximum Gasteiger partial charge on any atom is 0.164 e. The van der Waals surface area contributed by atoms with Gasteiger partial charge in [0.25, 0.3) is 0 Å². The molecule has 0 fully saturated rings. The van der Waals surface area contributed by atoms with Crippen molar-refractivity contribution in [2.75, 3.05) is 0 Å². The van der Waals surface area contributed by atoms with E-state index in [1.807, 2.05) is 24.5 Å². The lowest BCUT2D eigenvalue weighted by Crippen LogP contribution is -2.14. The Bertz CT molecular complexity index is 2050. The van der Waals surface area contributed by atoms with Crippen LogP contribution in [0.25, 0.3) is 67.5 Å². The largest absolute Gasteiger partial charge is 0.264 e. The van der Waals surface area contributed by atoms with Crippen LogP contribution in [0.5, 0.6) is 0 Å². The molecule has 0 radical (unpaired) electrons. The maximum absolute atomic E-state index is 5.12. The third-order valence-electron chi connectivity index (χ3n) is 8.76. The lowest BCUT2D eigenvalue weighted by molar-refractivity contribution is 0.660. The van der Waals surface area contributed by atoms with E-state index in [1.54, 1.807) is 12.4 Å². The van der Waals surface area contributed by atoms with Gasteiger partial charge in [0.1, 0.15) is 0 Å². The second-order valence-corrected chi connectivity index (χ2v) is 11.8. The second-order valence-electron chi connectivity index (χ2n) is 11.8. The highest BCUT2D eigenvalue weighted by Crippen LogP contribution is 2.51. The number of aromatic nitrogens is 5. The number of pyridine rings is 2. The zero-order valence-electron chi connectivity index (χ0n) is 25.0. The molecule has 45 heavy (non-hydrogen) atoms. The average Bonchev–Trinajstić information content (AvgIpc) is 3.35. The first kappa shape index (κ1) is 26.8. The van der Waals surface area contributed by atoms with Crippen LogP contribution in [0.2, 0.25) is 0 Å². The summed E-state index contributed by atoms with van der Waals surface area (Å²) in [5.41, 5.74) is 12.1. The minimum Gasteiger partial charge on any atom is -0.264 e. The molecular weight excluding hydrogens is 550 g/mol. The first-order chi connectivity index (χ1) is 22.1. The zero-order chi connectivity index (χ0) is 30.4. The minimum atomic E-state index is -0.120. The van der Waals surface area contributed by atoms with E-state index in [2.05, 4.69) is 127 Å². The Morgan fingerprint density at radius 3 is 1.44 bits per heavy atom. The van der Waals surface area contributed by atoms with Gasteiger partial charge in [0.15, 0.2) is 17.5 Å². The summed E-state index contributed by atoms with van der Waals surface area (Å²) in [6.45, 7) is 4.58. The van der Waals surface area contributed by atoms with Crippen LogP contribution in [-0.4, -0.2) is 24.9 Å². The lowest BCUT2D eigenvalue weighted by Gasteiger charge is -2.21. The van der Waals surface area contributed by atoms with E-state index in [9.17, 15) is 0 Å². The number of hydrogen-bond donors (Lipinski definition) is 0. The molecule has 3 aromatic heterocycles. The summed E-state index contributed by atoms with van der Waals surface area (Å²) in [4.78, 5) is 23.8. The fourth-order valence-corrected chi connectivity index (χ4v) is 6.39. The van der Waals surface area contributed by atoms with Crippen molar-refractivity contribution in [2.24, 2.45) is 0 Å². The van der Waals surface area contributed by atoms with Gasteiger partial charge < -0.3 is 0 Å². The Kier molecular flexibility index (Phi) is 6.38. The fraction of sp³-hybridized carbons (Fsp3) is 0.0750. The first-order valence-corrected chi connectivity index (χ1v) is 15.1. The quantitative estimate of drug-likeness (QED) is 0.203. The molecule has 0 atom stereocenters. The molecule has 0 saturated carbocycles. The topological polar surface area (TPSA) is 64.5 Å². The number of nitrogens with zero attached hydrogens (tertiary/aromatic N) is 5. The van der Waals surface area contributed by atoms with E-state index in [1.165, 1.54) is 22.3 Å². The zero-order valence-corrected chi connectivity index (χ0v) is 25.0. The van der Waals surface area contributed by atoms with Gasteiger partial charge >= 0.3 is 0 Å². The van der Waals surface area contributed by atoms with Gasteiger partial charge in [0.05, 0.1) is 0 Å². The second kappa shape index (κ2) is 10.7. The van der Waals surface area contributed by atoms with Crippen molar-refractivity contribution in [3.05, 3.63) is 151 Å². The van der Waals surface area contributed by atoms with Crippen LogP contribution in [0.4, 0.5) is 0 Å². The summed E-state index contributed by atoms with van der Waals surface area (Å²) in [6.07, 6.45) is 7.32. The summed E-state index contributed by atoms with van der Waals surface area (Å²) in [6, 6.07) is 39.9. The maximum atomic E-state index is 5.12. The number of rotatable bonds is 5. The van der Waals surface area contributed by atoms with Crippen molar-refractivity contribution in [1.82, 2.24) is 24.9 Å². The number of hydrogen-bond acceptors (Lipinski definition) is 5. The van der Waals surface area contributed by atoms with Crippen molar-refractivity contribution in [3.63, 3.8) is 0 Å². The Balaban J connectivity index is 1.29. The van der Waals surface area contributed by atoms with Crippen LogP contribution in [0.1, 0.15) is 25.0 Å². The molecule has 0 bridgehead atoms. The third kappa shape index (κ3) is 4.70. The van der Waals surface area contributed by atoms with Crippen molar-refractivity contribution >= 4 is 0 Å². The molecule has 214 valence electrons. The summed E-state index contributed by atoms with van der Waals surface area (Å²) in [5, 5.41) is 0. The molecule has 0 unspecified atom stereocenters. The Morgan fingerprint density at radius 1 is 0.400 bits per heavy atom. The van der Waals surface area contributed by atoms with Gasteiger partial charge in [-0.1, -0.05) is 117 Å². The molecular formula is C40H29N5. The van der Waals surface area contributed by atoms with E-state index in [0.717, 1.165) is 38.9 Å². The molecule has 3 heterocycles. The van der Waals surface area contributed by atoms with Crippen molar-refractivity contribution < 1.29 is 0 Å². The normalized spacial score (nSPS) is 12.8. The molecule has 0 saturated heterocycles. The van der Waals surface area contributed by atoms with Crippen molar-refractivity contribution in [2.45, 2.75) is 19.3 Å². The molecule has 1 aliphatic carbocycles. The van der Waals surface area contributed by atoms with Crippen molar-refractivity contribution in [1.29, 1.82) is 0 Å². The number of fused-ring (bicyclic) bond motifs is 3. The Labute approximate surface area is 262 Å². The fourth-order valence-electron chi connectivity index (χ4n) is 6.39. The SMILES string of the molecule is CC1(C)c2ccccc2-c2c(-c3nc(-c4ccc(-c5cccnc5)cc4)nc(-c4ccc(-c5cccnc5)cc4)n3)cccc21. The highest BCUT2D eigenvalue weighted by atomic mass is 15.0. The summed E-state index contributed by atoms with van der Waals surface area (Å²) in [7, 11) is 0. The van der Waals surface area contributed by atoms with Gasteiger partial charge in [-0.15, -0.1) is 0 Å². The smallest absolute Gasteiger partial charge is 0.164 e. The van der Waals surface area contributed by atoms with Gasteiger partial charge in [-0.05, 0) is 56.6 Å². The van der Waals surface area contributed by atoms with E-state index in [-0.39, 0.29) is 5.41 Å². The van der Waals surface area contributed by atoms with Gasteiger partial charge in [-0.2, -0.15) is 0 Å². The van der Waals surface area contributed by atoms with E-state index in [0.29, 0.717) is 17.5 Å². The molecule has 1 aliphatic rings. The molecule has 5 heteroatoms. The molecule has 0 N–H and O–H groups in total. The summed E-state index contributed by atoms with van der Waals surface area (Å²) >= 11 is 0. The average molecular weight is 580 g/mol. The molecule has 0 aliphatic heterocycles. The Hall–Kier alpha value is -5.81. The van der Waals surface area contributed by atoms with Crippen LogP contribution in [0, 0.1) is 0 Å². The van der Waals surface area contributed by atoms with Gasteiger partial charge in [-0.25, -0.2) is 15.0 Å².